The van der Waals surface area contributed by atoms with Crippen LogP contribution in [0.3, 0.4) is 0 Å². The second-order valence-corrected chi connectivity index (χ2v) is 6.88. The van der Waals surface area contributed by atoms with E-state index in [-0.39, 0.29) is 12.2 Å². The predicted octanol–water partition coefficient (Wildman–Crippen LogP) is 2.41. The van der Waals surface area contributed by atoms with Gasteiger partial charge in [0, 0.05) is 12.6 Å². The minimum Gasteiger partial charge on any atom is -0.396 e. The van der Waals surface area contributed by atoms with E-state index in [9.17, 15) is 17.2 Å². The highest BCUT2D eigenvalue weighted by atomic mass is 32.2. The summed E-state index contributed by atoms with van der Waals surface area (Å²) in [6, 6.07) is 1.30. The van der Waals surface area contributed by atoms with Gasteiger partial charge in [-0.05, 0) is 18.4 Å². The third-order valence-corrected chi connectivity index (χ3v) is 5.14. The Morgan fingerprint density at radius 3 is 2.50 bits per heavy atom. The summed E-state index contributed by atoms with van der Waals surface area (Å²) < 4.78 is 52.8. The van der Waals surface area contributed by atoms with Crippen LogP contribution in [-0.2, 0) is 10.0 Å². The lowest BCUT2D eigenvalue weighted by atomic mass is 10.1. The number of rotatable bonds is 5. The van der Waals surface area contributed by atoms with Crippen molar-refractivity contribution in [1.29, 1.82) is 0 Å². The van der Waals surface area contributed by atoms with Gasteiger partial charge >= 0.3 is 0 Å². The van der Waals surface area contributed by atoms with Crippen LogP contribution in [0.25, 0.3) is 0 Å². The summed E-state index contributed by atoms with van der Waals surface area (Å²) in [5, 5.41) is 0. The zero-order chi connectivity index (χ0) is 14.8. The van der Waals surface area contributed by atoms with E-state index in [4.69, 9.17) is 5.73 Å². The van der Waals surface area contributed by atoms with Crippen molar-refractivity contribution in [3.63, 3.8) is 0 Å². The first-order chi connectivity index (χ1) is 9.40. The SMILES string of the molecule is Nc1cc(S(=O)(=O)NCCC2CCCC2)c(F)cc1F. The molecule has 1 aliphatic carbocycles. The Hall–Kier alpha value is -1.21. The van der Waals surface area contributed by atoms with Gasteiger partial charge in [-0.1, -0.05) is 25.7 Å². The summed E-state index contributed by atoms with van der Waals surface area (Å²) in [5.74, 6) is -1.57. The number of nitrogens with one attached hydrogen (secondary N) is 1. The predicted molar refractivity (Wildman–Crippen MR) is 72.5 cm³/mol. The highest BCUT2D eigenvalue weighted by Gasteiger charge is 2.22. The van der Waals surface area contributed by atoms with Crippen molar-refractivity contribution in [2.24, 2.45) is 5.92 Å². The van der Waals surface area contributed by atoms with Crippen LogP contribution in [-0.4, -0.2) is 15.0 Å². The molecule has 0 saturated heterocycles. The van der Waals surface area contributed by atoms with Crippen LogP contribution < -0.4 is 10.5 Å². The lowest BCUT2D eigenvalue weighted by molar-refractivity contribution is 0.493. The quantitative estimate of drug-likeness (QED) is 0.821. The minimum absolute atomic E-state index is 0.254. The number of sulfonamides is 1. The van der Waals surface area contributed by atoms with E-state index in [1.807, 2.05) is 0 Å². The number of halogens is 2. The Balaban J connectivity index is 2.04. The molecule has 0 radical (unpaired) electrons. The van der Waals surface area contributed by atoms with Crippen molar-refractivity contribution in [2.75, 3.05) is 12.3 Å². The third kappa shape index (κ3) is 3.46. The summed E-state index contributed by atoms with van der Waals surface area (Å²) in [4.78, 5) is -0.608. The Morgan fingerprint density at radius 1 is 1.20 bits per heavy atom. The van der Waals surface area contributed by atoms with Crippen molar-refractivity contribution in [1.82, 2.24) is 4.72 Å². The van der Waals surface area contributed by atoms with E-state index in [1.54, 1.807) is 0 Å². The van der Waals surface area contributed by atoms with E-state index < -0.39 is 26.6 Å². The van der Waals surface area contributed by atoms with Gasteiger partial charge in [0.2, 0.25) is 10.0 Å². The molecule has 1 aromatic rings. The van der Waals surface area contributed by atoms with E-state index in [0.717, 1.165) is 25.3 Å². The van der Waals surface area contributed by atoms with Crippen molar-refractivity contribution < 1.29 is 17.2 Å². The molecule has 0 atom stereocenters. The van der Waals surface area contributed by atoms with Gasteiger partial charge in [-0.15, -0.1) is 0 Å². The van der Waals surface area contributed by atoms with Gasteiger partial charge in [-0.25, -0.2) is 21.9 Å². The number of nitrogens with two attached hydrogens (primary N) is 1. The smallest absolute Gasteiger partial charge is 0.243 e. The fourth-order valence-electron chi connectivity index (χ4n) is 2.52. The number of hydrogen-bond donors (Lipinski definition) is 2. The lowest BCUT2D eigenvalue weighted by Crippen LogP contribution is -2.27. The van der Waals surface area contributed by atoms with Crippen LogP contribution in [0.5, 0.6) is 0 Å². The van der Waals surface area contributed by atoms with Crippen molar-refractivity contribution in [3.05, 3.63) is 23.8 Å². The second kappa shape index (κ2) is 6.05. The largest absolute Gasteiger partial charge is 0.396 e. The van der Waals surface area contributed by atoms with Crippen LogP contribution in [0.2, 0.25) is 0 Å². The van der Waals surface area contributed by atoms with Crippen LogP contribution in [0.15, 0.2) is 17.0 Å². The average molecular weight is 304 g/mol. The maximum atomic E-state index is 13.5. The third-order valence-electron chi connectivity index (χ3n) is 3.66. The highest BCUT2D eigenvalue weighted by Crippen LogP contribution is 2.27. The summed E-state index contributed by atoms with van der Waals surface area (Å²) in [6.45, 7) is 0.254. The summed E-state index contributed by atoms with van der Waals surface area (Å²) >= 11 is 0. The average Bonchev–Trinajstić information content (AvgIpc) is 2.86. The molecule has 1 aliphatic rings. The molecule has 112 valence electrons. The standard InChI is InChI=1S/C13H18F2N2O2S/c14-10-7-11(15)13(8-12(10)16)20(18,19)17-6-5-9-3-1-2-4-9/h7-9,17H,1-6,16H2. The fraction of sp³-hybridized carbons (Fsp3) is 0.538. The molecule has 0 bridgehead atoms. The first kappa shape index (κ1) is 15.2. The molecule has 0 unspecified atom stereocenters. The topological polar surface area (TPSA) is 72.2 Å². The first-order valence-electron chi connectivity index (χ1n) is 6.64. The van der Waals surface area contributed by atoms with E-state index >= 15 is 0 Å². The normalized spacial score (nSPS) is 16.7. The molecule has 1 aromatic carbocycles. The van der Waals surface area contributed by atoms with E-state index in [1.165, 1.54) is 12.8 Å². The van der Waals surface area contributed by atoms with Crippen LogP contribution in [0, 0.1) is 17.6 Å². The van der Waals surface area contributed by atoms with Crippen molar-refractivity contribution in [3.8, 4) is 0 Å². The molecule has 20 heavy (non-hydrogen) atoms. The van der Waals surface area contributed by atoms with Gasteiger partial charge < -0.3 is 5.73 Å². The van der Waals surface area contributed by atoms with Gasteiger partial charge in [-0.3, -0.25) is 0 Å². The first-order valence-corrected chi connectivity index (χ1v) is 8.12. The molecule has 0 heterocycles. The van der Waals surface area contributed by atoms with Gasteiger partial charge in [0.05, 0.1) is 5.69 Å². The monoisotopic (exact) mass is 304 g/mol. The molecular formula is C13H18F2N2O2S. The van der Waals surface area contributed by atoms with Gasteiger partial charge in [0.1, 0.15) is 16.5 Å². The molecule has 4 nitrogen and oxygen atoms in total. The second-order valence-electron chi connectivity index (χ2n) is 5.14. The van der Waals surface area contributed by atoms with Crippen LogP contribution in [0.4, 0.5) is 14.5 Å². The van der Waals surface area contributed by atoms with Gasteiger partial charge in [0.25, 0.3) is 0 Å². The van der Waals surface area contributed by atoms with Crippen LogP contribution in [0.1, 0.15) is 32.1 Å². The summed E-state index contributed by atoms with van der Waals surface area (Å²) in [6.07, 6.45) is 5.32. The van der Waals surface area contributed by atoms with Crippen LogP contribution >= 0.6 is 0 Å². The van der Waals surface area contributed by atoms with Gasteiger partial charge in [-0.2, -0.15) is 0 Å². The molecule has 1 fully saturated rings. The zero-order valence-electron chi connectivity index (χ0n) is 11.0. The van der Waals surface area contributed by atoms with E-state index in [2.05, 4.69) is 4.72 Å². The zero-order valence-corrected chi connectivity index (χ0v) is 11.8. The van der Waals surface area contributed by atoms with Gasteiger partial charge in [0.15, 0.2) is 0 Å². The maximum absolute atomic E-state index is 13.5. The van der Waals surface area contributed by atoms with Crippen molar-refractivity contribution >= 4 is 15.7 Å². The Bertz CT molecular complexity index is 584. The molecule has 0 spiro atoms. The molecule has 2 rings (SSSR count). The Morgan fingerprint density at radius 2 is 1.85 bits per heavy atom. The molecule has 0 aromatic heterocycles. The highest BCUT2D eigenvalue weighted by molar-refractivity contribution is 7.89. The minimum atomic E-state index is -3.99. The molecule has 0 aliphatic heterocycles. The maximum Gasteiger partial charge on any atom is 0.243 e. The lowest BCUT2D eigenvalue weighted by Gasteiger charge is -2.11. The number of benzene rings is 1. The molecular weight excluding hydrogens is 286 g/mol. The van der Waals surface area contributed by atoms with E-state index in [0.29, 0.717) is 12.0 Å². The Labute approximate surface area is 117 Å². The number of anilines is 1. The molecule has 3 N–H and O–H groups in total. The summed E-state index contributed by atoms with van der Waals surface area (Å²) in [7, 11) is -3.99. The molecule has 0 amide bonds. The fourth-order valence-corrected chi connectivity index (χ4v) is 3.66. The summed E-state index contributed by atoms with van der Waals surface area (Å²) in [5.41, 5.74) is 4.89. The number of hydrogen-bond acceptors (Lipinski definition) is 3. The molecule has 1 saturated carbocycles. The number of nitrogen functional groups attached to an aromatic ring is 1. The Kier molecular flexibility index (Phi) is 4.59. The van der Waals surface area contributed by atoms with Crippen molar-refractivity contribution in [2.45, 2.75) is 37.0 Å². The molecule has 7 heteroatoms.